The third-order valence-electron chi connectivity index (χ3n) is 7.50. The van der Waals surface area contributed by atoms with Gasteiger partial charge in [-0.1, -0.05) is 54.4 Å². The number of rotatable bonds is 8. The van der Waals surface area contributed by atoms with Crippen molar-refractivity contribution in [1.29, 1.82) is 0 Å². The van der Waals surface area contributed by atoms with E-state index in [-0.39, 0.29) is 41.8 Å². The van der Waals surface area contributed by atoms with E-state index >= 15 is 0 Å². The maximum Gasteiger partial charge on any atom is 0.304 e. The number of carboxylic acids is 1. The molecule has 2 saturated heterocycles. The van der Waals surface area contributed by atoms with Crippen LogP contribution in [-0.2, 0) is 9.59 Å². The van der Waals surface area contributed by atoms with E-state index in [2.05, 4.69) is 4.90 Å². The molecule has 2 heterocycles. The Balaban J connectivity index is 1.76. The lowest BCUT2D eigenvalue weighted by molar-refractivity contribution is -0.152. The molecule has 4 rings (SSSR count). The first-order chi connectivity index (χ1) is 17.6. The molecule has 7 nitrogen and oxygen atoms in total. The Morgan fingerprint density at radius 1 is 1.08 bits per heavy atom. The molecule has 2 aromatic carbocycles. The van der Waals surface area contributed by atoms with Crippen molar-refractivity contribution < 1.29 is 23.8 Å². The molecule has 2 aliphatic heterocycles. The molecule has 1 N–H and O–H groups in total. The lowest BCUT2D eigenvalue weighted by atomic mass is 9.74. The summed E-state index contributed by atoms with van der Waals surface area (Å²) in [5.74, 6) is -1.85. The minimum absolute atomic E-state index is 0.102. The maximum atomic E-state index is 14.0. The number of sulfone groups is 1. The molecule has 202 valence electrons. The number of halogens is 2. The van der Waals surface area contributed by atoms with Crippen molar-refractivity contribution >= 4 is 45.7 Å². The topological polar surface area (TPSA) is 107 Å². The Kier molecular flexibility index (Phi) is 9.09. The Hall–Kier alpha value is -1.81. The van der Waals surface area contributed by atoms with E-state index in [0.29, 0.717) is 42.5 Å². The van der Waals surface area contributed by atoms with Crippen molar-refractivity contribution in [3.05, 3.63) is 69.7 Å². The van der Waals surface area contributed by atoms with Gasteiger partial charge in [0.15, 0.2) is 0 Å². The number of hydrogen-bond donors (Lipinski definition) is 1. The summed E-state index contributed by atoms with van der Waals surface area (Å²) in [5, 5.41) is 10.8. The number of piperidine rings is 1. The Morgan fingerprint density at radius 3 is 2.35 bits per heavy atom. The molecular formula is C27H32Cl2N2O5S-2. The van der Waals surface area contributed by atoms with E-state index in [1.54, 1.807) is 18.2 Å². The molecule has 0 saturated carbocycles. The summed E-state index contributed by atoms with van der Waals surface area (Å²) in [6.07, 6.45) is 0.771. The number of carbonyl (C=O) groups excluding carboxylic acids is 1. The highest BCUT2D eigenvalue weighted by molar-refractivity contribution is 8.24. The number of aliphatic carboxylic acids is 1. The largest absolute Gasteiger partial charge is 0.800 e. The predicted octanol–water partition coefficient (Wildman–Crippen LogP) is 5.30. The molecule has 10 heteroatoms. The molecule has 2 fully saturated rings. The SMILES string of the molecule is CC[C@@H](CN1CCS([O-])([O-])CC1)N1C(=O)[C@@H](CC(=O)O)C[C@H](c2cccc(Cl)c2)[C@H]1c1ccc(Cl)cc1. The van der Waals surface area contributed by atoms with E-state index in [1.807, 2.05) is 42.2 Å². The second kappa shape index (κ2) is 11.9. The van der Waals surface area contributed by atoms with Gasteiger partial charge in [0.05, 0.1) is 12.5 Å². The first-order valence-electron chi connectivity index (χ1n) is 12.6. The summed E-state index contributed by atoms with van der Waals surface area (Å²) in [7, 11) is -3.04. The Bertz CT molecular complexity index is 1110. The summed E-state index contributed by atoms with van der Waals surface area (Å²) in [6, 6.07) is 14.4. The van der Waals surface area contributed by atoms with Gasteiger partial charge in [-0.2, -0.15) is 0 Å². The van der Waals surface area contributed by atoms with E-state index < -0.39 is 22.5 Å². The van der Waals surface area contributed by atoms with Gasteiger partial charge in [0, 0.05) is 47.6 Å². The van der Waals surface area contributed by atoms with Crippen molar-refractivity contribution in [2.24, 2.45) is 5.92 Å². The van der Waals surface area contributed by atoms with Crippen LogP contribution >= 0.6 is 33.8 Å². The van der Waals surface area contributed by atoms with Gasteiger partial charge in [-0.25, -0.2) is 0 Å². The van der Waals surface area contributed by atoms with Crippen LogP contribution in [-0.4, -0.2) is 73.1 Å². The van der Waals surface area contributed by atoms with Crippen LogP contribution in [0.25, 0.3) is 0 Å². The molecule has 0 unspecified atom stereocenters. The van der Waals surface area contributed by atoms with Gasteiger partial charge in [-0.3, -0.25) is 14.5 Å². The molecule has 0 spiro atoms. The fourth-order valence-corrected chi connectivity index (χ4v) is 7.22. The molecule has 37 heavy (non-hydrogen) atoms. The highest BCUT2D eigenvalue weighted by Crippen LogP contribution is 2.48. The lowest BCUT2D eigenvalue weighted by Crippen LogP contribution is -2.55. The van der Waals surface area contributed by atoms with Gasteiger partial charge in [-0.15, -0.1) is 0 Å². The van der Waals surface area contributed by atoms with Gasteiger partial charge < -0.3 is 29.7 Å². The van der Waals surface area contributed by atoms with Crippen LogP contribution in [0.3, 0.4) is 0 Å². The zero-order valence-corrected chi connectivity index (χ0v) is 23.1. The van der Waals surface area contributed by atoms with Crippen LogP contribution in [0.15, 0.2) is 48.5 Å². The third kappa shape index (κ3) is 6.80. The highest BCUT2D eigenvalue weighted by Gasteiger charge is 2.46. The van der Waals surface area contributed by atoms with Crippen LogP contribution in [0.1, 0.15) is 49.3 Å². The van der Waals surface area contributed by atoms with Gasteiger partial charge >= 0.3 is 5.97 Å². The summed E-state index contributed by atoms with van der Waals surface area (Å²) in [4.78, 5) is 29.7. The molecule has 2 aromatic rings. The van der Waals surface area contributed by atoms with Crippen molar-refractivity contribution in [2.75, 3.05) is 31.1 Å². The van der Waals surface area contributed by atoms with E-state index in [4.69, 9.17) is 23.2 Å². The lowest BCUT2D eigenvalue weighted by Gasteiger charge is -2.64. The quantitative estimate of drug-likeness (QED) is 0.464. The van der Waals surface area contributed by atoms with Crippen LogP contribution in [0.4, 0.5) is 0 Å². The second-order valence-electron chi connectivity index (χ2n) is 9.95. The van der Waals surface area contributed by atoms with Crippen molar-refractivity contribution in [2.45, 2.75) is 44.2 Å². The van der Waals surface area contributed by atoms with Crippen molar-refractivity contribution in [1.82, 2.24) is 9.80 Å². The maximum absolute atomic E-state index is 14.0. The van der Waals surface area contributed by atoms with Crippen molar-refractivity contribution in [3.8, 4) is 0 Å². The zero-order chi connectivity index (χ0) is 26.7. The van der Waals surface area contributed by atoms with Gasteiger partial charge in [0.2, 0.25) is 5.91 Å². The van der Waals surface area contributed by atoms with Crippen LogP contribution in [0.5, 0.6) is 0 Å². The first-order valence-corrected chi connectivity index (χ1v) is 15.1. The average molecular weight is 568 g/mol. The predicted molar refractivity (Wildman–Crippen MR) is 145 cm³/mol. The van der Waals surface area contributed by atoms with Crippen LogP contribution < -0.4 is 0 Å². The number of carboxylic acid groups (broad SMARTS) is 1. The van der Waals surface area contributed by atoms with E-state index in [0.717, 1.165) is 11.1 Å². The number of carbonyl (C=O) groups is 2. The molecule has 2 aliphatic rings. The fraction of sp³-hybridized carbons (Fsp3) is 0.481. The molecular weight excluding hydrogens is 535 g/mol. The monoisotopic (exact) mass is 566 g/mol. The minimum atomic E-state index is -3.04. The molecule has 0 aromatic heterocycles. The smallest absolute Gasteiger partial charge is 0.304 e. The Labute approximate surface area is 229 Å². The third-order valence-corrected chi connectivity index (χ3v) is 9.60. The summed E-state index contributed by atoms with van der Waals surface area (Å²) < 4.78 is 23.9. The highest BCUT2D eigenvalue weighted by atomic mass is 35.5. The van der Waals surface area contributed by atoms with Crippen LogP contribution in [0.2, 0.25) is 10.0 Å². The van der Waals surface area contributed by atoms with Gasteiger partial charge in [-0.05, 0) is 59.7 Å². The fourth-order valence-electron chi connectivity index (χ4n) is 5.62. The number of likely N-dealkylation sites (tertiary alicyclic amines) is 1. The summed E-state index contributed by atoms with van der Waals surface area (Å²) in [6.45, 7) is 3.36. The average Bonchev–Trinajstić information content (AvgIpc) is 2.85. The normalized spacial score (nSPS) is 26.0. The standard InChI is InChI=1S/C27H34Cl2N2O5S/c1-2-23(17-30-10-12-37(35,36)13-11-30)31-26(18-6-8-21(28)9-7-18)24(19-4-3-5-22(29)14-19)15-20(27(31)34)16-25(32)33/h3-9,14,20,23-24,26,35-36H,2,10-13,15-17H2,1H3,(H,32,33)/p-2/t20-,23+,24-,26-/m1/s1. The van der Waals surface area contributed by atoms with Crippen LogP contribution in [0, 0.1) is 5.92 Å². The summed E-state index contributed by atoms with van der Waals surface area (Å²) in [5.41, 5.74) is 1.86. The number of benzene rings is 2. The molecule has 4 atom stereocenters. The molecule has 1 amide bonds. The molecule has 0 radical (unpaired) electrons. The minimum Gasteiger partial charge on any atom is -0.800 e. The van der Waals surface area contributed by atoms with Crippen molar-refractivity contribution in [3.63, 3.8) is 0 Å². The second-order valence-corrected chi connectivity index (χ2v) is 13.1. The molecule has 0 bridgehead atoms. The van der Waals surface area contributed by atoms with Gasteiger partial charge in [0.25, 0.3) is 0 Å². The number of nitrogens with zero attached hydrogens (tertiary/aromatic N) is 2. The first kappa shape index (κ1) is 28.2. The zero-order valence-electron chi connectivity index (χ0n) is 20.7. The number of hydrogen-bond acceptors (Lipinski definition) is 5. The Morgan fingerprint density at radius 2 is 1.76 bits per heavy atom. The van der Waals surface area contributed by atoms with E-state index in [1.165, 1.54) is 0 Å². The van der Waals surface area contributed by atoms with E-state index in [9.17, 15) is 23.8 Å². The van der Waals surface area contributed by atoms with Gasteiger partial charge in [0.1, 0.15) is 0 Å². The summed E-state index contributed by atoms with van der Waals surface area (Å²) >= 11 is 12.6. The number of amides is 1. The molecule has 0 aliphatic carbocycles.